The van der Waals surface area contributed by atoms with Gasteiger partial charge in [0, 0.05) is 5.56 Å². The highest BCUT2D eigenvalue weighted by Gasteiger charge is 2.08. The number of hydrogen-bond acceptors (Lipinski definition) is 2. The number of hydrogen-bond donors (Lipinski definition) is 0. The van der Waals surface area contributed by atoms with Crippen molar-refractivity contribution in [3.63, 3.8) is 0 Å². The average molecular weight is 232 g/mol. The zero-order chi connectivity index (χ0) is 12.8. The molecule has 2 heteroatoms. The predicted octanol–water partition coefficient (Wildman–Crippen LogP) is 3.47. The van der Waals surface area contributed by atoms with Gasteiger partial charge >= 0.3 is 0 Å². The molecule has 17 heavy (non-hydrogen) atoms. The topological polar surface area (TPSA) is 26.3 Å². The summed E-state index contributed by atoms with van der Waals surface area (Å²) in [4.78, 5) is 11.9. The summed E-state index contributed by atoms with van der Waals surface area (Å²) in [5.41, 5.74) is 4.01. The van der Waals surface area contributed by atoms with Gasteiger partial charge in [-0.15, -0.1) is 6.58 Å². The fraction of sp³-hybridized carbons (Fsp3) is 0.400. The van der Waals surface area contributed by atoms with Crippen molar-refractivity contribution in [2.45, 2.75) is 27.2 Å². The molecule has 0 heterocycles. The minimum atomic E-state index is 0.0456. The van der Waals surface area contributed by atoms with Crippen LogP contribution in [-0.4, -0.2) is 19.0 Å². The van der Waals surface area contributed by atoms with Crippen LogP contribution in [0.5, 0.6) is 0 Å². The molecule has 2 nitrogen and oxygen atoms in total. The maximum atomic E-state index is 11.9. The first-order valence-corrected chi connectivity index (χ1v) is 5.83. The number of carbonyl (C=O) groups is 1. The molecule has 0 aliphatic rings. The maximum absolute atomic E-state index is 11.9. The van der Waals surface area contributed by atoms with E-state index in [-0.39, 0.29) is 12.4 Å². The Kier molecular flexibility index (Phi) is 5.11. The van der Waals surface area contributed by atoms with E-state index in [4.69, 9.17) is 4.74 Å². The van der Waals surface area contributed by atoms with E-state index >= 15 is 0 Å². The van der Waals surface area contributed by atoms with E-state index in [1.54, 1.807) is 0 Å². The van der Waals surface area contributed by atoms with Crippen molar-refractivity contribution < 1.29 is 9.53 Å². The first kappa shape index (κ1) is 13.7. The van der Waals surface area contributed by atoms with E-state index < -0.39 is 0 Å². The van der Waals surface area contributed by atoms with Crippen molar-refractivity contribution >= 4 is 5.78 Å². The lowest BCUT2D eigenvalue weighted by Crippen LogP contribution is -2.11. The zero-order valence-corrected chi connectivity index (χ0v) is 10.9. The van der Waals surface area contributed by atoms with Crippen LogP contribution in [0.2, 0.25) is 0 Å². The van der Waals surface area contributed by atoms with Gasteiger partial charge in [-0.05, 0) is 32.8 Å². The molecule has 1 aromatic carbocycles. The molecule has 0 fully saturated rings. The van der Waals surface area contributed by atoms with Crippen LogP contribution < -0.4 is 0 Å². The summed E-state index contributed by atoms with van der Waals surface area (Å²) in [6.45, 7) is 10.4. The fourth-order valence-electron chi connectivity index (χ4n) is 1.62. The Morgan fingerprint density at radius 2 is 2.06 bits per heavy atom. The molecule has 0 atom stereocenters. The van der Waals surface area contributed by atoms with Crippen LogP contribution in [0, 0.1) is 13.8 Å². The molecule has 0 unspecified atom stereocenters. The van der Waals surface area contributed by atoms with Crippen molar-refractivity contribution in [3.05, 3.63) is 47.0 Å². The largest absolute Gasteiger partial charge is 0.373 e. The highest BCUT2D eigenvalue weighted by Crippen LogP contribution is 2.11. The fourth-order valence-corrected chi connectivity index (χ4v) is 1.62. The Labute approximate surface area is 103 Å². The molecule has 1 rings (SSSR count). The van der Waals surface area contributed by atoms with Crippen LogP contribution in [0.15, 0.2) is 30.4 Å². The molecular formula is C15H20O2. The third kappa shape index (κ3) is 4.53. The number of carbonyl (C=O) groups excluding carboxylic acids is 1. The van der Waals surface area contributed by atoms with Gasteiger partial charge in [-0.2, -0.15) is 0 Å². The molecule has 0 amide bonds. The molecule has 0 aliphatic heterocycles. The molecule has 0 radical (unpaired) electrons. The third-order valence-electron chi connectivity index (χ3n) is 2.59. The van der Waals surface area contributed by atoms with Crippen molar-refractivity contribution in [2.75, 3.05) is 13.2 Å². The molecule has 0 saturated heterocycles. The molecule has 0 N–H and O–H groups in total. The number of ether oxygens (including phenoxy) is 1. The summed E-state index contributed by atoms with van der Waals surface area (Å²) in [6, 6.07) is 5.84. The Morgan fingerprint density at radius 3 is 2.65 bits per heavy atom. The monoisotopic (exact) mass is 232 g/mol. The molecule has 1 aromatic rings. The van der Waals surface area contributed by atoms with Gasteiger partial charge in [0.25, 0.3) is 0 Å². The van der Waals surface area contributed by atoms with Gasteiger partial charge in [-0.3, -0.25) is 4.79 Å². The quantitative estimate of drug-likeness (QED) is 0.426. The van der Waals surface area contributed by atoms with Gasteiger partial charge in [-0.1, -0.05) is 29.3 Å². The number of aryl methyl sites for hydroxylation is 2. The van der Waals surface area contributed by atoms with E-state index in [1.807, 2.05) is 39.0 Å². The summed E-state index contributed by atoms with van der Waals surface area (Å²) < 4.78 is 5.34. The Morgan fingerprint density at radius 1 is 1.35 bits per heavy atom. The Hall–Kier alpha value is -1.41. The summed E-state index contributed by atoms with van der Waals surface area (Å²) in [7, 11) is 0. The van der Waals surface area contributed by atoms with Crippen LogP contribution in [0.3, 0.4) is 0 Å². The molecule has 0 bridgehead atoms. The number of benzene rings is 1. The Balaban J connectivity index is 2.50. The Bertz CT molecular complexity index is 419. The van der Waals surface area contributed by atoms with E-state index in [9.17, 15) is 4.79 Å². The minimum Gasteiger partial charge on any atom is -0.373 e. The SMILES string of the molecule is C=C(C)CCOCC(=O)c1ccc(C)cc1C. The van der Waals surface area contributed by atoms with Gasteiger partial charge in [0.1, 0.15) is 6.61 Å². The van der Waals surface area contributed by atoms with Gasteiger partial charge in [0.05, 0.1) is 6.61 Å². The van der Waals surface area contributed by atoms with E-state index in [1.165, 1.54) is 5.56 Å². The van der Waals surface area contributed by atoms with Crippen LogP contribution in [0.25, 0.3) is 0 Å². The van der Waals surface area contributed by atoms with Gasteiger partial charge in [0.15, 0.2) is 5.78 Å². The van der Waals surface area contributed by atoms with Crippen molar-refractivity contribution in [1.82, 2.24) is 0 Å². The highest BCUT2D eigenvalue weighted by molar-refractivity contribution is 5.98. The minimum absolute atomic E-state index is 0.0456. The second-order valence-electron chi connectivity index (χ2n) is 4.50. The standard InChI is InChI=1S/C15H20O2/c1-11(2)7-8-17-10-15(16)14-6-5-12(3)9-13(14)4/h5-6,9H,1,7-8,10H2,2-4H3. The molecule has 0 spiro atoms. The second kappa shape index (κ2) is 6.36. The van der Waals surface area contributed by atoms with E-state index in [0.29, 0.717) is 6.61 Å². The predicted molar refractivity (Wildman–Crippen MR) is 70.5 cm³/mol. The van der Waals surface area contributed by atoms with Gasteiger partial charge in [0.2, 0.25) is 0 Å². The van der Waals surface area contributed by atoms with Gasteiger partial charge < -0.3 is 4.74 Å². The van der Waals surface area contributed by atoms with Crippen LogP contribution >= 0.6 is 0 Å². The second-order valence-corrected chi connectivity index (χ2v) is 4.50. The highest BCUT2D eigenvalue weighted by atomic mass is 16.5. The molecule has 0 aliphatic carbocycles. The van der Waals surface area contributed by atoms with Crippen molar-refractivity contribution in [2.24, 2.45) is 0 Å². The van der Waals surface area contributed by atoms with Crippen LogP contribution in [0.1, 0.15) is 34.8 Å². The van der Waals surface area contributed by atoms with E-state index in [2.05, 4.69) is 6.58 Å². The first-order valence-electron chi connectivity index (χ1n) is 5.83. The number of Topliss-reactive ketones (excluding diaryl/α,β-unsaturated/α-hetero) is 1. The lowest BCUT2D eigenvalue weighted by molar-refractivity contribution is 0.0765. The van der Waals surface area contributed by atoms with Crippen LogP contribution in [0.4, 0.5) is 0 Å². The zero-order valence-electron chi connectivity index (χ0n) is 10.9. The van der Waals surface area contributed by atoms with Crippen molar-refractivity contribution in [1.29, 1.82) is 0 Å². The summed E-state index contributed by atoms with van der Waals surface area (Å²) >= 11 is 0. The van der Waals surface area contributed by atoms with Crippen molar-refractivity contribution in [3.8, 4) is 0 Å². The number of rotatable bonds is 6. The first-order chi connectivity index (χ1) is 8.00. The normalized spacial score (nSPS) is 10.3. The molecular weight excluding hydrogens is 212 g/mol. The van der Waals surface area contributed by atoms with Gasteiger partial charge in [-0.25, -0.2) is 0 Å². The molecule has 0 aromatic heterocycles. The smallest absolute Gasteiger partial charge is 0.188 e. The lowest BCUT2D eigenvalue weighted by atomic mass is 10.0. The molecule has 0 saturated carbocycles. The summed E-state index contributed by atoms with van der Waals surface area (Å²) in [5.74, 6) is 0.0456. The lowest BCUT2D eigenvalue weighted by Gasteiger charge is -2.07. The number of ketones is 1. The summed E-state index contributed by atoms with van der Waals surface area (Å²) in [6.07, 6.45) is 0.806. The maximum Gasteiger partial charge on any atom is 0.188 e. The van der Waals surface area contributed by atoms with Crippen LogP contribution in [-0.2, 0) is 4.74 Å². The molecule has 92 valence electrons. The van der Waals surface area contributed by atoms with E-state index in [0.717, 1.165) is 23.1 Å². The average Bonchev–Trinajstić information content (AvgIpc) is 2.23. The summed E-state index contributed by atoms with van der Waals surface area (Å²) in [5, 5.41) is 0. The third-order valence-corrected chi connectivity index (χ3v) is 2.59.